The van der Waals surface area contributed by atoms with Crippen LogP contribution in [0.1, 0.15) is 11.1 Å². The molecule has 1 aliphatic heterocycles. The molecule has 166 valence electrons. The van der Waals surface area contributed by atoms with Crippen molar-refractivity contribution in [2.75, 3.05) is 21.9 Å². The molecule has 0 radical (unpaired) electrons. The van der Waals surface area contributed by atoms with E-state index in [0.717, 1.165) is 17.7 Å². The number of carbonyl (C=O) groups is 1. The number of fused-ring (bicyclic) bond motifs is 1. The van der Waals surface area contributed by atoms with E-state index in [-0.39, 0.29) is 23.7 Å². The minimum Gasteiger partial charge on any atom is -0.444 e. The van der Waals surface area contributed by atoms with Gasteiger partial charge in [-0.25, -0.2) is 22.0 Å². The first kappa shape index (κ1) is 21.6. The van der Waals surface area contributed by atoms with E-state index >= 15 is 0 Å². The third-order valence-corrected chi connectivity index (χ3v) is 6.32. The molecule has 0 aromatic heterocycles. The minimum absolute atomic E-state index is 0.0663. The topological polar surface area (TPSA) is 102 Å². The summed E-state index contributed by atoms with van der Waals surface area (Å²) in [4.78, 5) is 13.7. The van der Waals surface area contributed by atoms with E-state index in [4.69, 9.17) is 10.5 Å². The van der Waals surface area contributed by atoms with Crippen molar-refractivity contribution in [3.63, 3.8) is 0 Å². The fourth-order valence-corrected chi connectivity index (χ4v) is 4.62. The molecule has 3 aromatic carbocycles. The molecule has 0 bridgehead atoms. The molecule has 1 heterocycles. The lowest BCUT2D eigenvalue weighted by molar-refractivity contribution is 0.147. The summed E-state index contributed by atoms with van der Waals surface area (Å²) >= 11 is 0. The molecule has 32 heavy (non-hydrogen) atoms. The van der Waals surface area contributed by atoms with E-state index in [1.165, 1.54) is 17.0 Å². The maximum absolute atomic E-state index is 13.9. The van der Waals surface area contributed by atoms with Crippen LogP contribution in [-0.4, -0.2) is 21.1 Å². The van der Waals surface area contributed by atoms with Crippen LogP contribution < -0.4 is 15.4 Å². The molecule has 4 rings (SSSR count). The SMILES string of the molecule is Nc1cc(S(=O)(=O)Nc2ccc(F)cc2F)cc2c1N(C(=O)OCc1ccccc1)CC2. The van der Waals surface area contributed by atoms with Gasteiger partial charge in [0.15, 0.2) is 0 Å². The zero-order chi connectivity index (χ0) is 22.9. The second kappa shape index (κ2) is 8.46. The smallest absolute Gasteiger partial charge is 0.414 e. The summed E-state index contributed by atoms with van der Waals surface area (Å²) in [6.45, 7) is 0.363. The molecule has 0 atom stereocenters. The van der Waals surface area contributed by atoms with Crippen LogP contribution in [0.4, 0.5) is 30.6 Å². The number of hydrogen-bond donors (Lipinski definition) is 2. The molecule has 0 fully saturated rings. The van der Waals surface area contributed by atoms with E-state index in [9.17, 15) is 22.0 Å². The Bertz CT molecular complexity index is 1280. The number of nitrogen functional groups attached to an aromatic ring is 1. The number of carbonyl (C=O) groups excluding carboxylic acids is 1. The highest BCUT2D eigenvalue weighted by Gasteiger charge is 2.30. The van der Waals surface area contributed by atoms with Gasteiger partial charge in [0.25, 0.3) is 10.0 Å². The largest absolute Gasteiger partial charge is 0.444 e. The molecule has 0 saturated carbocycles. The molecule has 0 aliphatic carbocycles. The van der Waals surface area contributed by atoms with Gasteiger partial charge in [0.1, 0.15) is 18.2 Å². The third kappa shape index (κ3) is 4.35. The highest BCUT2D eigenvalue weighted by Crippen LogP contribution is 2.37. The number of ether oxygens (including phenoxy) is 1. The summed E-state index contributed by atoms with van der Waals surface area (Å²) in [6.07, 6.45) is -0.227. The standard InChI is InChI=1S/C22H19F2N3O4S/c23-16-6-7-20(18(24)11-16)26-32(29,30)17-10-15-8-9-27(21(15)19(25)12-17)22(28)31-13-14-4-2-1-3-5-14/h1-7,10-12,26H,8-9,13,25H2. The number of amides is 1. The Morgan fingerprint density at radius 2 is 1.84 bits per heavy atom. The lowest BCUT2D eigenvalue weighted by atomic mass is 10.1. The summed E-state index contributed by atoms with van der Waals surface area (Å²) in [7, 11) is -4.20. The lowest BCUT2D eigenvalue weighted by Crippen LogP contribution is -2.30. The van der Waals surface area contributed by atoms with Crippen molar-refractivity contribution >= 4 is 33.2 Å². The van der Waals surface area contributed by atoms with Gasteiger partial charge in [-0.15, -0.1) is 0 Å². The molecule has 10 heteroatoms. The van der Waals surface area contributed by atoms with Gasteiger partial charge in [0, 0.05) is 12.6 Å². The van der Waals surface area contributed by atoms with E-state index in [0.29, 0.717) is 23.7 Å². The molecule has 1 aliphatic rings. The van der Waals surface area contributed by atoms with Gasteiger partial charge in [0.05, 0.1) is 22.0 Å². The summed E-state index contributed by atoms with van der Waals surface area (Å²) < 4.78 is 59.9. The van der Waals surface area contributed by atoms with Gasteiger partial charge < -0.3 is 10.5 Å². The van der Waals surface area contributed by atoms with E-state index < -0.39 is 33.4 Å². The van der Waals surface area contributed by atoms with E-state index in [1.807, 2.05) is 30.3 Å². The Hall–Kier alpha value is -3.66. The van der Waals surface area contributed by atoms with Crippen LogP contribution in [-0.2, 0) is 27.8 Å². The Balaban J connectivity index is 1.55. The van der Waals surface area contributed by atoms with Crippen molar-refractivity contribution in [2.24, 2.45) is 0 Å². The van der Waals surface area contributed by atoms with E-state index in [2.05, 4.69) is 4.72 Å². The Labute approximate surface area is 183 Å². The number of rotatable bonds is 5. The van der Waals surface area contributed by atoms with Gasteiger partial charge in [0.2, 0.25) is 0 Å². The average molecular weight is 459 g/mol. The van der Waals surface area contributed by atoms with Crippen LogP contribution in [0.2, 0.25) is 0 Å². The molecule has 1 amide bonds. The van der Waals surface area contributed by atoms with Crippen molar-refractivity contribution < 1.29 is 26.7 Å². The highest BCUT2D eigenvalue weighted by molar-refractivity contribution is 7.92. The lowest BCUT2D eigenvalue weighted by Gasteiger charge is -2.19. The average Bonchev–Trinajstić information content (AvgIpc) is 3.20. The molecule has 0 unspecified atom stereocenters. The second-order valence-electron chi connectivity index (χ2n) is 7.19. The Morgan fingerprint density at radius 1 is 1.09 bits per heavy atom. The maximum atomic E-state index is 13.9. The molecular formula is C22H19F2N3O4S. The number of hydrogen-bond acceptors (Lipinski definition) is 5. The molecule has 3 N–H and O–H groups in total. The first-order valence-corrected chi connectivity index (χ1v) is 11.1. The zero-order valence-electron chi connectivity index (χ0n) is 16.7. The molecule has 7 nitrogen and oxygen atoms in total. The predicted molar refractivity (Wildman–Crippen MR) is 116 cm³/mol. The number of nitrogens with two attached hydrogens (primary N) is 1. The van der Waals surface area contributed by atoms with Crippen LogP contribution in [0, 0.1) is 11.6 Å². The van der Waals surface area contributed by atoms with Gasteiger partial charge in [-0.05, 0) is 41.8 Å². The number of halogens is 2. The molecule has 0 saturated heterocycles. The summed E-state index contributed by atoms with van der Waals surface area (Å²) in [5.74, 6) is -1.87. The molecular weight excluding hydrogens is 440 g/mol. The van der Waals surface area contributed by atoms with Crippen molar-refractivity contribution in [2.45, 2.75) is 17.9 Å². The number of nitrogens with zero attached hydrogens (tertiary/aromatic N) is 1. The van der Waals surface area contributed by atoms with Crippen LogP contribution in [0.5, 0.6) is 0 Å². The number of sulfonamides is 1. The van der Waals surface area contributed by atoms with Gasteiger partial charge in [-0.1, -0.05) is 30.3 Å². The first-order valence-electron chi connectivity index (χ1n) is 9.63. The maximum Gasteiger partial charge on any atom is 0.414 e. The van der Waals surface area contributed by atoms with Crippen molar-refractivity contribution in [1.82, 2.24) is 0 Å². The fraction of sp³-hybridized carbons (Fsp3) is 0.136. The Kier molecular flexibility index (Phi) is 5.70. The summed E-state index contributed by atoms with van der Waals surface area (Å²) in [5.41, 5.74) is 7.51. The molecule has 0 spiro atoms. The van der Waals surface area contributed by atoms with Gasteiger partial charge in [-0.3, -0.25) is 9.62 Å². The van der Waals surface area contributed by atoms with Crippen molar-refractivity contribution in [3.8, 4) is 0 Å². The minimum atomic E-state index is -4.20. The second-order valence-corrected chi connectivity index (χ2v) is 8.87. The highest BCUT2D eigenvalue weighted by atomic mass is 32.2. The van der Waals surface area contributed by atoms with Crippen LogP contribution >= 0.6 is 0 Å². The van der Waals surface area contributed by atoms with Crippen LogP contribution in [0.15, 0.2) is 65.6 Å². The van der Waals surface area contributed by atoms with Crippen LogP contribution in [0.3, 0.4) is 0 Å². The monoisotopic (exact) mass is 459 g/mol. The normalized spacial score (nSPS) is 13.0. The number of anilines is 3. The van der Waals surface area contributed by atoms with Gasteiger partial charge >= 0.3 is 6.09 Å². The summed E-state index contributed by atoms with van der Waals surface area (Å²) in [6, 6.07) is 14.2. The molecule has 3 aromatic rings. The van der Waals surface area contributed by atoms with Crippen molar-refractivity contribution in [3.05, 3.63) is 83.4 Å². The van der Waals surface area contributed by atoms with Crippen molar-refractivity contribution in [1.29, 1.82) is 0 Å². The fourth-order valence-electron chi connectivity index (χ4n) is 3.46. The predicted octanol–water partition coefficient (Wildman–Crippen LogP) is 4.05. The zero-order valence-corrected chi connectivity index (χ0v) is 17.5. The van der Waals surface area contributed by atoms with Gasteiger partial charge in [-0.2, -0.15) is 0 Å². The third-order valence-electron chi connectivity index (χ3n) is 4.98. The number of nitrogens with one attached hydrogen (secondary N) is 1. The Morgan fingerprint density at radius 3 is 2.56 bits per heavy atom. The summed E-state index contributed by atoms with van der Waals surface area (Å²) in [5, 5.41) is 0. The number of benzene rings is 3. The van der Waals surface area contributed by atoms with Crippen LogP contribution in [0.25, 0.3) is 0 Å². The quantitative estimate of drug-likeness (QED) is 0.561. The first-order chi connectivity index (χ1) is 15.2. The van der Waals surface area contributed by atoms with E-state index in [1.54, 1.807) is 0 Å².